The van der Waals surface area contributed by atoms with E-state index in [1.165, 1.54) is 16.8 Å². The molecule has 0 N–H and O–H groups in total. The number of benzene rings is 4. The standard InChI is InChI=1S/C38H38FN3O4/c1-7-12-28-18-27(20-35(45-8-2)36(28)46-23-26-13-11-14-29(39)19-26)22-40-42-37(41-33-16-10-9-15-30(33)38(42)43)32-21-31(24(3)4)34(44-6)17-25(32)5/h7,9-11,13-22,24H,1,8,12,23H2,2-6H3. The van der Waals surface area contributed by atoms with Gasteiger partial charge < -0.3 is 14.2 Å². The molecular formula is C38H38FN3O4. The lowest BCUT2D eigenvalue weighted by Gasteiger charge is -2.18. The smallest absolute Gasteiger partial charge is 0.282 e. The van der Waals surface area contributed by atoms with Crippen LogP contribution in [0.4, 0.5) is 4.39 Å². The molecule has 5 rings (SSSR count). The van der Waals surface area contributed by atoms with Crippen molar-refractivity contribution in [2.45, 2.75) is 46.6 Å². The Bertz CT molecular complexity index is 1980. The minimum Gasteiger partial charge on any atom is -0.496 e. The second kappa shape index (κ2) is 14.2. The first kappa shape index (κ1) is 32.2. The fraction of sp³-hybridized carbons (Fsp3) is 0.237. The van der Waals surface area contributed by atoms with Gasteiger partial charge in [-0.15, -0.1) is 6.58 Å². The minimum atomic E-state index is -0.327. The average molecular weight is 620 g/mol. The van der Waals surface area contributed by atoms with Gasteiger partial charge in [0, 0.05) is 11.1 Å². The molecule has 0 bridgehead atoms. The Balaban J connectivity index is 1.63. The first-order chi connectivity index (χ1) is 22.2. The predicted octanol–water partition coefficient (Wildman–Crippen LogP) is 8.23. The summed E-state index contributed by atoms with van der Waals surface area (Å²) in [4.78, 5) is 18.9. The summed E-state index contributed by atoms with van der Waals surface area (Å²) in [5.41, 5.74) is 5.20. The highest BCUT2D eigenvalue weighted by atomic mass is 19.1. The average Bonchev–Trinajstić information content (AvgIpc) is 3.04. The number of hydrogen-bond donors (Lipinski definition) is 0. The Kier molecular flexibility index (Phi) is 9.96. The highest BCUT2D eigenvalue weighted by Crippen LogP contribution is 2.36. The lowest BCUT2D eigenvalue weighted by Crippen LogP contribution is -2.21. The molecule has 4 aromatic carbocycles. The monoisotopic (exact) mass is 619 g/mol. The van der Waals surface area contributed by atoms with Crippen molar-refractivity contribution in [3.05, 3.63) is 129 Å². The molecule has 0 amide bonds. The Morgan fingerprint density at radius 2 is 1.83 bits per heavy atom. The zero-order chi connectivity index (χ0) is 32.8. The van der Waals surface area contributed by atoms with E-state index in [2.05, 4.69) is 20.4 Å². The van der Waals surface area contributed by atoms with Crippen LogP contribution in [0.1, 0.15) is 54.5 Å². The Hall–Kier alpha value is -5.24. The number of nitrogens with zero attached hydrogens (tertiary/aromatic N) is 3. The Morgan fingerprint density at radius 1 is 1.02 bits per heavy atom. The van der Waals surface area contributed by atoms with E-state index >= 15 is 0 Å². The third kappa shape index (κ3) is 6.86. The van der Waals surface area contributed by atoms with E-state index in [9.17, 15) is 9.18 Å². The number of hydrogen-bond acceptors (Lipinski definition) is 6. The highest BCUT2D eigenvalue weighted by Gasteiger charge is 2.19. The van der Waals surface area contributed by atoms with Gasteiger partial charge in [-0.05, 0) is 97.0 Å². The summed E-state index contributed by atoms with van der Waals surface area (Å²) in [7, 11) is 1.66. The SMILES string of the molecule is C=CCc1cc(C=Nn2c(-c3cc(C(C)C)c(OC)cc3C)nc3ccccc3c2=O)cc(OCC)c1OCc1cccc(F)c1. The number of ether oxygens (including phenoxy) is 3. The topological polar surface area (TPSA) is 74.9 Å². The molecule has 0 fully saturated rings. The van der Waals surface area contributed by atoms with Crippen molar-refractivity contribution in [1.29, 1.82) is 0 Å². The van der Waals surface area contributed by atoms with Crippen LogP contribution in [0.15, 0.2) is 95.3 Å². The molecule has 0 spiro atoms. The van der Waals surface area contributed by atoms with Gasteiger partial charge in [0.2, 0.25) is 0 Å². The predicted molar refractivity (Wildman–Crippen MR) is 182 cm³/mol. The van der Waals surface area contributed by atoms with Crippen LogP contribution in [0.5, 0.6) is 17.2 Å². The third-order valence-corrected chi connectivity index (χ3v) is 7.61. The van der Waals surface area contributed by atoms with Crippen LogP contribution in [0.25, 0.3) is 22.3 Å². The van der Waals surface area contributed by atoms with E-state index in [-0.39, 0.29) is 23.9 Å². The molecule has 0 aliphatic heterocycles. The van der Waals surface area contributed by atoms with E-state index in [0.29, 0.717) is 52.4 Å². The zero-order valence-corrected chi connectivity index (χ0v) is 26.8. The molecule has 0 atom stereocenters. The molecule has 0 unspecified atom stereocenters. The molecule has 1 aromatic heterocycles. The van der Waals surface area contributed by atoms with Crippen molar-refractivity contribution in [3.8, 4) is 28.6 Å². The number of aromatic nitrogens is 2. The van der Waals surface area contributed by atoms with Crippen molar-refractivity contribution in [1.82, 2.24) is 9.66 Å². The minimum absolute atomic E-state index is 0.163. The summed E-state index contributed by atoms with van der Waals surface area (Å²) < 4.78 is 33.0. The van der Waals surface area contributed by atoms with Crippen molar-refractivity contribution < 1.29 is 18.6 Å². The van der Waals surface area contributed by atoms with Crippen LogP contribution in [0, 0.1) is 12.7 Å². The second-order valence-corrected chi connectivity index (χ2v) is 11.2. The van der Waals surface area contributed by atoms with Crippen LogP contribution in [0.2, 0.25) is 0 Å². The molecule has 0 saturated carbocycles. The summed E-state index contributed by atoms with van der Waals surface area (Å²) in [5.74, 6) is 2.12. The summed E-state index contributed by atoms with van der Waals surface area (Å²) in [5, 5.41) is 5.18. The van der Waals surface area contributed by atoms with Gasteiger partial charge in [0.1, 0.15) is 18.2 Å². The molecule has 1 heterocycles. The number of methoxy groups -OCH3 is 1. The Labute approximate surface area is 268 Å². The number of rotatable bonds is 12. The number of halogens is 1. The van der Waals surface area contributed by atoms with Crippen LogP contribution >= 0.6 is 0 Å². The van der Waals surface area contributed by atoms with Crippen LogP contribution in [-0.4, -0.2) is 29.6 Å². The van der Waals surface area contributed by atoms with E-state index in [1.807, 2.05) is 56.3 Å². The number of para-hydroxylation sites is 1. The molecular weight excluding hydrogens is 581 g/mol. The summed E-state index contributed by atoms with van der Waals surface area (Å²) in [6.07, 6.45) is 3.89. The number of aryl methyl sites for hydroxylation is 1. The van der Waals surface area contributed by atoms with E-state index in [4.69, 9.17) is 24.3 Å². The maximum atomic E-state index is 13.9. The van der Waals surface area contributed by atoms with Gasteiger partial charge in [0.15, 0.2) is 17.3 Å². The maximum Gasteiger partial charge on any atom is 0.282 e. The number of fused-ring (bicyclic) bond motifs is 1. The van der Waals surface area contributed by atoms with Gasteiger partial charge in [-0.2, -0.15) is 9.78 Å². The van der Waals surface area contributed by atoms with Gasteiger partial charge >= 0.3 is 0 Å². The van der Waals surface area contributed by atoms with Gasteiger partial charge in [0.05, 0.1) is 30.8 Å². The first-order valence-electron chi connectivity index (χ1n) is 15.3. The van der Waals surface area contributed by atoms with Gasteiger partial charge in [0.25, 0.3) is 5.56 Å². The van der Waals surface area contributed by atoms with E-state index in [0.717, 1.165) is 28.0 Å². The quantitative estimate of drug-likeness (QED) is 0.104. The fourth-order valence-electron chi connectivity index (χ4n) is 5.37. The highest BCUT2D eigenvalue weighted by molar-refractivity contribution is 5.83. The third-order valence-electron chi connectivity index (χ3n) is 7.61. The molecule has 0 aliphatic rings. The molecule has 0 radical (unpaired) electrons. The summed E-state index contributed by atoms with van der Waals surface area (Å²) >= 11 is 0. The zero-order valence-electron chi connectivity index (χ0n) is 26.8. The Morgan fingerprint density at radius 3 is 2.54 bits per heavy atom. The van der Waals surface area contributed by atoms with E-state index in [1.54, 1.807) is 37.6 Å². The molecule has 236 valence electrons. The lowest BCUT2D eigenvalue weighted by molar-refractivity contribution is 0.267. The maximum absolute atomic E-state index is 13.9. The van der Waals surface area contributed by atoms with Gasteiger partial charge in [-0.1, -0.05) is 44.2 Å². The van der Waals surface area contributed by atoms with Crippen LogP contribution < -0.4 is 19.8 Å². The van der Waals surface area contributed by atoms with Crippen molar-refractivity contribution in [3.63, 3.8) is 0 Å². The van der Waals surface area contributed by atoms with Crippen molar-refractivity contribution >= 4 is 17.1 Å². The second-order valence-electron chi connectivity index (χ2n) is 11.2. The van der Waals surface area contributed by atoms with Gasteiger partial charge in [-0.3, -0.25) is 4.79 Å². The fourth-order valence-corrected chi connectivity index (χ4v) is 5.37. The van der Waals surface area contributed by atoms with Crippen LogP contribution in [0.3, 0.4) is 0 Å². The largest absolute Gasteiger partial charge is 0.496 e. The summed E-state index contributed by atoms with van der Waals surface area (Å²) in [6.45, 7) is 12.5. The van der Waals surface area contributed by atoms with E-state index < -0.39 is 0 Å². The molecule has 5 aromatic rings. The van der Waals surface area contributed by atoms with Crippen molar-refractivity contribution in [2.24, 2.45) is 5.10 Å². The van der Waals surface area contributed by atoms with Crippen molar-refractivity contribution in [2.75, 3.05) is 13.7 Å². The molecule has 0 saturated heterocycles. The number of allylic oxidation sites excluding steroid dienone is 1. The lowest BCUT2D eigenvalue weighted by atomic mass is 9.96. The van der Waals surface area contributed by atoms with Crippen LogP contribution in [-0.2, 0) is 13.0 Å². The summed E-state index contributed by atoms with van der Waals surface area (Å²) in [6, 6.07) is 21.3. The molecule has 0 aliphatic carbocycles. The normalized spacial score (nSPS) is 11.4. The van der Waals surface area contributed by atoms with Gasteiger partial charge in [-0.25, -0.2) is 9.37 Å². The molecule has 8 heteroatoms. The molecule has 46 heavy (non-hydrogen) atoms. The first-order valence-corrected chi connectivity index (χ1v) is 15.3. The molecule has 7 nitrogen and oxygen atoms in total.